The summed E-state index contributed by atoms with van der Waals surface area (Å²) in [7, 11) is 0. The highest BCUT2D eigenvalue weighted by Gasteiger charge is 2.36. The third-order valence-corrected chi connectivity index (χ3v) is 11.0. The van der Waals surface area contributed by atoms with Crippen LogP contribution in [-0.2, 0) is 0 Å². The van der Waals surface area contributed by atoms with Crippen LogP contribution in [0.5, 0.6) is 0 Å². The van der Waals surface area contributed by atoms with Gasteiger partial charge in [-0.3, -0.25) is 0 Å². The molecule has 0 aromatic rings. The van der Waals surface area contributed by atoms with Crippen LogP contribution in [0.1, 0.15) is 316 Å². The molecule has 0 saturated heterocycles. The average molecular weight is 941 g/mol. The summed E-state index contributed by atoms with van der Waals surface area (Å²) in [6.07, 6.45) is 13.1. The van der Waals surface area contributed by atoms with E-state index in [4.69, 9.17) is 9.60 Å². The highest BCUT2D eigenvalue weighted by atomic mass is 19.4. The minimum Gasteiger partial charge on any atom is -0.171 e. The van der Waals surface area contributed by atoms with E-state index in [9.17, 15) is 26.3 Å². The Kier molecular flexibility index (Phi) is 40.9. The summed E-state index contributed by atoms with van der Waals surface area (Å²) in [5, 5.41) is 0. The standard InChI is InChI=1S/C11H20.C7H14.2C6H11F3.C6H12.C6H14.2C5H12.C4H10.C2H6/c1-10-4-8-11(9-5-10)6-2-3-7-11;1-7-5-3-2-4-6-7;2*1-3-5(2)4-6(7,8)9;1-6-4-2-3-5-6;1-5-6(2,3)4;1-5(2,3)4;1-4-5(2)3;1-4(2)3;1-2/h10H,2-9H2,1H3;7H,2-6H2,1H3;2*5H,3-4H2,1-2H3;6H,2-5H2,1H3;5H2,1-4H3;1-4H3;5H,4H2,1-3H3;4H,1-3H3;1-2H3/t;;2*5-;;;;;;/m..00....../s1/i;7D;;;6D;5D2;;4D2;4D;. The predicted octanol–water partition coefficient (Wildman–Crippen LogP) is 23.7. The minimum absolute atomic E-state index is 0.0556. The first-order valence-electron chi connectivity index (χ1n) is 29.5. The second-order valence-corrected chi connectivity index (χ2v) is 22.7. The smallest absolute Gasteiger partial charge is 0.171 e. The molecular formula is C58H122F6. The Bertz CT molecular complexity index is 1110. The Morgan fingerprint density at radius 2 is 0.781 bits per heavy atom. The largest absolute Gasteiger partial charge is 0.389 e. The van der Waals surface area contributed by atoms with Gasteiger partial charge in [-0.15, -0.1) is 0 Å². The lowest BCUT2D eigenvalue weighted by Crippen LogP contribution is -2.23. The predicted molar refractivity (Wildman–Crippen MR) is 281 cm³/mol. The van der Waals surface area contributed by atoms with Crippen molar-refractivity contribution >= 4 is 0 Å². The number of hydrogen-bond donors (Lipinski definition) is 0. The molecule has 0 bridgehead atoms. The van der Waals surface area contributed by atoms with Gasteiger partial charge < -0.3 is 0 Å². The summed E-state index contributed by atoms with van der Waals surface area (Å²) in [6.45, 7) is 44.2. The lowest BCUT2D eigenvalue weighted by molar-refractivity contribution is -0.144. The highest BCUT2D eigenvalue weighted by Crippen LogP contribution is 2.50. The lowest BCUT2D eigenvalue weighted by atomic mass is 9.70. The molecule has 0 amide bonds. The Balaban J connectivity index is -0.000000168. The van der Waals surface area contributed by atoms with Crippen LogP contribution in [0.15, 0.2) is 0 Å². The van der Waals surface area contributed by atoms with E-state index < -0.39 is 37.9 Å². The Morgan fingerprint density at radius 1 is 0.531 bits per heavy atom. The summed E-state index contributed by atoms with van der Waals surface area (Å²) in [5.41, 5.74) is 1.12. The molecule has 0 nitrogen and oxygen atoms in total. The molecule has 0 unspecified atom stereocenters. The van der Waals surface area contributed by atoms with Crippen LogP contribution in [0.2, 0.25) is 0 Å². The number of rotatable bonds is 5. The van der Waals surface area contributed by atoms with Crippen molar-refractivity contribution < 1.29 is 35.9 Å². The zero-order valence-corrected chi connectivity index (χ0v) is 47.4. The molecule has 396 valence electrons. The molecule has 0 aliphatic heterocycles. The average Bonchev–Trinajstić information content (AvgIpc) is 3.79. The van der Waals surface area contributed by atoms with E-state index in [2.05, 4.69) is 34.6 Å². The van der Waals surface area contributed by atoms with E-state index in [0.29, 0.717) is 18.3 Å². The molecule has 1 spiro atoms. The normalized spacial score (nSPS) is 21.6. The second kappa shape index (κ2) is 43.8. The lowest BCUT2D eigenvalue weighted by Gasteiger charge is -2.36. The van der Waals surface area contributed by atoms with Crippen LogP contribution in [0, 0.1) is 57.6 Å². The Hall–Kier alpha value is -0.420. The van der Waals surface area contributed by atoms with Crippen LogP contribution >= 0.6 is 0 Å². The van der Waals surface area contributed by atoms with Crippen molar-refractivity contribution in [1.82, 2.24) is 0 Å². The van der Waals surface area contributed by atoms with E-state index in [-0.39, 0.29) is 40.9 Å². The molecule has 6 heteroatoms. The Labute approximate surface area is 411 Å². The van der Waals surface area contributed by atoms with E-state index in [1.54, 1.807) is 67.2 Å². The maximum Gasteiger partial charge on any atom is 0.389 e. The van der Waals surface area contributed by atoms with Gasteiger partial charge in [0.2, 0.25) is 0 Å². The zero-order valence-electron chi connectivity index (χ0n) is 54.4. The van der Waals surface area contributed by atoms with Gasteiger partial charge in [0.1, 0.15) is 0 Å². The van der Waals surface area contributed by atoms with Gasteiger partial charge in [0.05, 0.1) is 0 Å². The maximum atomic E-state index is 11.5. The van der Waals surface area contributed by atoms with E-state index in [1.165, 1.54) is 57.8 Å². The first-order chi connectivity index (χ1) is 31.3. The molecular weight excluding hydrogens is 811 g/mol. The molecule has 4 fully saturated rings. The van der Waals surface area contributed by atoms with Crippen molar-refractivity contribution in [3.8, 4) is 0 Å². The van der Waals surface area contributed by atoms with Gasteiger partial charge in [-0.2, -0.15) is 26.3 Å². The van der Waals surface area contributed by atoms with Gasteiger partial charge in [0, 0.05) is 22.4 Å². The van der Waals surface area contributed by atoms with E-state index in [0.717, 1.165) is 37.0 Å². The summed E-state index contributed by atoms with van der Waals surface area (Å²) >= 11 is 0. The quantitative estimate of drug-likeness (QED) is 0.241. The van der Waals surface area contributed by atoms with Gasteiger partial charge in [0.25, 0.3) is 0 Å². The topological polar surface area (TPSA) is 0 Å². The van der Waals surface area contributed by atoms with Crippen LogP contribution in [0.25, 0.3) is 0 Å². The number of alkyl halides is 6. The maximum absolute atomic E-state index is 11.5. The van der Waals surface area contributed by atoms with Crippen molar-refractivity contribution in [2.75, 3.05) is 0 Å². The first-order valence-corrected chi connectivity index (χ1v) is 26.0. The minimum atomic E-state index is -3.98. The molecule has 4 aliphatic carbocycles. The molecule has 0 aromatic heterocycles. The number of hydrogen-bond acceptors (Lipinski definition) is 0. The monoisotopic (exact) mass is 940 g/mol. The molecule has 0 radical (unpaired) electrons. The fraction of sp³-hybridized carbons (Fsp3) is 1.00. The second-order valence-electron chi connectivity index (χ2n) is 22.7. The Morgan fingerprint density at radius 3 is 0.938 bits per heavy atom. The third kappa shape index (κ3) is 75.9. The van der Waals surface area contributed by atoms with Crippen LogP contribution in [0.4, 0.5) is 26.3 Å². The summed E-state index contributed by atoms with van der Waals surface area (Å²) in [5.74, 6) is 0.321. The fourth-order valence-electron chi connectivity index (χ4n) is 6.21. The van der Waals surface area contributed by atoms with Crippen molar-refractivity contribution in [1.29, 1.82) is 0 Å². The molecule has 0 aromatic carbocycles. The molecule has 4 aliphatic rings. The van der Waals surface area contributed by atoms with Gasteiger partial charge in [-0.25, -0.2) is 0 Å². The summed E-state index contributed by atoms with van der Waals surface area (Å²) in [4.78, 5) is 0. The molecule has 2 atom stereocenters. The highest BCUT2D eigenvalue weighted by molar-refractivity contribution is 4.88. The van der Waals surface area contributed by atoms with E-state index >= 15 is 0 Å². The van der Waals surface area contributed by atoms with Crippen LogP contribution in [-0.4, -0.2) is 12.4 Å². The number of halogens is 6. The van der Waals surface area contributed by atoms with Crippen molar-refractivity contribution in [2.45, 2.75) is 319 Å². The molecule has 4 rings (SSSR count). The summed E-state index contributed by atoms with van der Waals surface area (Å²) in [6, 6.07) is 0. The van der Waals surface area contributed by atoms with Crippen molar-refractivity contribution in [2.24, 2.45) is 57.6 Å². The van der Waals surface area contributed by atoms with Gasteiger partial charge in [0.15, 0.2) is 0 Å². The molecule has 64 heavy (non-hydrogen) atoms. The van der Waals surface area contributed by atoms with Crippen molar-refractivity contribution in [3.05, 3.63) is 0 Å². The summed E-state index contributed by atoms with van der Waals surface area (Å²) < 4.78 is 120. The first kappa shape index (κ1) is 59.7. The van der Waals surface area contributed by atoms with Gasteiger partial charge >= 0.3 is 12.4 Å². The van der Waals surface area contributed by atoms with E-state index in [1.807, 2.05) is 83.1 Å². The van der Waals surface area contributed by atoms with Crippen LogP contribution < -0.4 is 0 Å². The fourth-order valence-corrected chi connectivity index (χ4v) is 6.21. The van der Waals surface area contributed by atoms with Crippen LogP contribution in [0.3, 0.4) is 0 Å². The third-order valence-electron chi connectivity index (χ3n) is 11.0. The molecule has 0 heterocycles. The SMILES string of the molecule is CC.CC(C)(C)C.CC1CCC2(CCCC2)CC1.CC[C@H](C)CC(F)(F)F.CC[C@H](C)CC(F)(F)F.[2H]C(C)(C)C.[2H]C([2H])(C)C(C)(C)C.[2H]C([2H])(C)C(C)C.[2H]C1(C)CCCC1.[2H]C1(C)CCCCC1. The van der Waals surface area contributed by atoms with Gasteiger partial charge in [-0.1, -0.05) is 268 Å². The van der Waals surface area contributed by atoms with Gasteiger partial charge in [-0.05, 0) is 83.3 Å². The zero-order chi connectivity index (χ0) is 58.2. The molecule has 0 N–H and O–H groups in total. The molecule has 4 saturated carbocycles. The van der Waals surface area contributed by atoms with Crippen molar-refractivity contribution in [3.63, 3.8) is 0 Å².